The van der Waals surface area contributed by atoms with Gasteiger partial charge < -0.3 is 10.2 Å². The molecule has 0 heterocycles. The molecular formula is C24H31ClN2O2S. The van der Waals surface area contributed by atoms with Crippen LogP contribution < -0.4 is 5.32 Å². The number of nitrogens with one attached hydrogen (secondary N) is 1. The molecule has 2 aromatic carbocycles. The van der Waals surface area contributed by atoms with Crippen molar-refractivity contribution in [3.8, 4) is 0 Å². The van der Waals surface area contributed by atoms with Crippen LogP contribution in [0, 0.1) is 0 Å². The molecule has 2 aromatic rings. The van der Waals surface area contributed by atoms with E-state index in [1.54, 1.807) is 4.90 Å². The average molecular weight is 447 g/mol. The maximum atomic E-state index is 13.1. The zero-order chi connectivity index (χ0) is 21.9. The molecule has 0 unspecified atom stereocenters. The second-order valence-electron chi connectivity index (χ2n) is 7.49. The molecule has 1 N–H and O–H groups in total. The highest BCUT2D eigenvalue weighted by Gasteiger charge is 2.28. The fraction of sp³-hybridized carbons (Fsp3) is 0.417. The van der Waals surface area contributed by atoms with Gasteiger partial charge in [0.05, 0.1) is 5.75 Å². The summed E-state index contributed by atoms with van der Waals surface area (Å²) in [5.41, 5.74) is 2.16. The van der Waals surface area contributed by atoms with Gasteiger partial charge in [-0.25, -0.2) is 0 Å². The zero-order valence-electron chi connectivity index (χ0n) is 17.9. The highest BCUT2D eigenvalue weighted by molar-refractivity contribution is 7.99. The van der Waals surface area contributed by atoms with Crippen LogP contribution >= 0.6 is 23.4 Å². The molecule has 0 bridgehead atoms. The lowest BCUT2D eigenvalue weighted by Gasteiger charge is -2.31. The lowest BCUT2D eigenvalue weighted by atomic mass is 10.1. The molecule has 0 aromatic heterocycles. The van der Waals surface area contributed by atoms with Gasteiger partial charge in [-0.15, -0.1) is 11.8 Å². The summed E-state index contributed by atoms with van der Waals surface area (Å²) in [4.78, 5) is 27.6. The van der Waals surface area contributed by atoms with Gasteiger partial charge in [0.2, 0.25) is 11.8 Å². The SMILES string of the molecule is CC[C@H](C(=O)NC(C)C)N(CCc1ccccc1)C(=O)CSCc1ccccc1Cl. The monoisotopic (exact) mass is 446 g/mol. The van der Waals surface area contributed by atoms with Crippen molar-refractivity contribution in [2.45, 2.75) is 51.4 Å². The number of halogens is 1. The molecule has 30 heavy (non-hydrogen) atoms. The number of amides is 2. The smallest absolute Gasteiger partial charge is 0.242 e. The predicted molar refractivity (Wildman–Crippen MR) is 127 cm³/mol. The summed E-state index contributed by atoms with van der Waals surface area (Å²) in [6, 6.07) is 17.3. The Kier molecular flexibility index (Phi) is 10.2. The maximum Gasteiger partial charge on any atom is 0.242 e. The van der Waals surface area contributed by atoms with E-state index in [1.807, 2.05) is 75.4 Å². The van der Waals surface area contributed by atoms with Gasteiger partial charge in [-0.3, -0.25) is 9.59 Å². The van der Waals surface area contributed by atoms with E-state index in [-0.39, 0.29) is 17.9 Å². The third-order valence-corrected chi connectivity index (χ3v) is 6.08. The van der Waals surface area contributed by atoms with Crippen LogP contribution in [0.1, 0.15) is 38.3 Å². The molecule has 6 heteroatoms. The quantitative estimate of drug-likeness (QED) is 0.531. The Morgan fingerprint density at radius 3 is 2.37 bits per heavy atom. The van der Waals surface area contributed by atoms with E-state index in [1.165, 1.54) is 11.8 Å². The second-order valence-corrected chi connectivity index (χ2v) is 8.89. The summed E-state index contributed by atoms with van der Waals surface area (Å²) in [6.45, 7) is 6.32. The van der Waals surface area contributed by atoms with Crippen molar-refractivity contribution in [2.75, 3.05) is 12.3 Å². The number of nitrogens with zero attached hydrogens (tertiary/aromatic N) is 1. The number of thioether (sulfide) groups is 1. The van der Waals surface area contributed by atoms with E-state index in [0.717, 1.165) is 11.1 Å². The minimum atomic E-state index is -0.468. The Bertz CT molecular complexity index is 814. The van der Waals surface area contributed by atoms with E-state index < -0.39 is 6.04 Å². The van der Waals surface area contributed by atoms with E-state index >= 15 is 0 Å². The standard InChI is InChI=1S/C24H31ClN2O2S/c1-4-22(24(29)26-18(2)3)27(15-14-19-10-6-5-7-11-19)23(28)17-30-16-20-12-8-9-13-21(20)25/h5-13,18,22H,4,14-17H2,1-3H3,(H,26,29)/t22-/m1/s1. The van der Waals surface area contributed by atoms with Crippen molar-refractivity contribution >= 4 is 35.2 Å². The summed E-state index contributed by atoms with van der Waals surface area (Å²) in [7, 11) is 0. The van der Waals surface area contributed by atoms with Crippen LogP contribution in [0.4, 0.5) is 0 Å². The highest BCUT2D eigenvalue weighted by atomic mass is 35.5. The Morgan fingerprint density at radius 1 is 1.07 bits per heavy atom. The average Bonchev–Trinajstić information content (AvgIpc) is 2.72. The van der Waals surface area contributed by atoms with E-state index in [0.29, 0.717) is 35.9 Å². The van der Waals surface area contributed by atoms with E-state index in [4.69, 9.17) is 11.6 Å². The molecule has 0 aliphatic heterocycles. The Balaban J connectivity index is 2.06. The topological polar surface area (TPSA) is 49.4 Å². The maximum absolute atomic E-state index is 13.1. The van der Waals surface area contributed by atoms with Gasteiger partial charge in [-0.1, -0.05) is 67.1 Å². The Morgan fingerprint density at radius 2 is 1.73 bits per heavy atom. The largest absolute Gasteiger partial charge is 0.352 e. The molecule has 0 saturated heterocycles. The van der Waals surface area contributed by atoms with Gasteiger partial charge in [-0.2, -0.15) is 0 Å². The molecule has 0 radical (unpaired) electrons. The third-order valence-electron chi connectivity index (χ3n) is 4.74. The van der Waals surface area contributed by atoms with Gasteiger partial charge in [-0.05, 0) is 43.9 Å². The Hall–Kier alpha value is -1.98. The minimum absolute atomic E-state index is 0.0197. The van der Waals surface area contributed by atoms with Crippen molar-refractivity contribution in [1.29, 1.82) is 0 Å². The summed E-state index contributed by atoms with van der Waals surface area (Å²) < 4.78 is 0. The first-order valence-corrected chi connectivity index (χ1v) is 11.9. The minimum Gasteiger partial charge on any atom is -0.352 e. The first-order valence-electron chi connectivity index (χ1n) is 10.4. The fourth-order valence-electron chi connectivity index (χ4n) is 3.22. The highest BCUT2D eigenvalue weighted by Crippen LogP contribution is 2.21. The molecule has 1 atom stereocenters. The predicted octanol–water partition coefficient (Wildman–Crippen LogP) is 4.95. The van der Waals surface area contributed by atoms with Crippen molar-refractivity contribution in [2.24, 2.45) is 0 Å². The van der Waals surface area contributed by atoms with Gasteiger partial charge in [0.25, 0.3) is 0 Å². The van der Waals surface area contributed by atoms with Gasteiger partial charge in [0, 0.05) is 23.4 Å². The number of rotatable bonds is 11. The van der Waals surface area contributed by atoms with Crippen molar-refractivity contribution in [1.82, 2.24) is 10.2 Å². The van der Waals surface area contributed by atoms with Crippen LogP contribution in [0.15, 0.2) is 54.6 Å². The normalized spacial score (nSPS) is 11.9. The number of hydrogen-bond donors (Lipinski definition) is 1. The third kappa shape index (κ3) is 7.69. The van der Waals surface area contributed by atoms with Crippen molar-refractivity contribution < 1.29 is 9.59 Å². The molecule has 0 spiro atoms. The van der Waals surface area contributed by atoms with Gasteiger partial charge in [0.15, 0.2) is 0 Å². The molecule has 4 nitrogen and oxygen atoms in total. The Labute approximate surface area is 189 Å². The summed E-state index contributed by atoms with van der Waals surface area (Å²) in [6.07, 6.45) is 1.29. The first kappa shape index (κ1) is 24.3. The molecule has 0 fully saturated rings. The van der Waals surface area contributed by atoms with Crippen LogP contribution in [0.5, 0.6) is 0 Å². The van der Waals surface area contributed by atoms with Crippen molar-refractivity contribution in [3.63, 3.8) is 0 Å². The van der Waals surface area contributed by atoms with E-state index in [9.17, 15) is 9.59 Å². The van der Waals surface area contributed by atoms with Crippen LogP contribution in [-0.4, -0.2) is 41.1 Å². The number of carbonyl (C=O) groups excluding carboxylic acids is 2. The fourth-order valence-corrected chi connectivity index (χ4v) is 4.42. The number of hydrogen-bond acceptors (Lipinski definition) is 3. The zero-order valence-corrected chi connectivity index (χ0v) is 19.5. The van der Waals surface area contributed by atoms with Crippen LogP contribution in [-0.2, 0) is 21.8 Å². The molecule has 0 aliphatic rings. The van der Waals surface area contributed by atoms with Crippen LogP contribution in [0.2, 0.25) is 5.02 Å². The second kappa shape index (κ2) is 12.7. The summed E-state index contributed by atoms with van der Waals surface area (Å²) >= 11 is 7.75. The van der Waals surface area contributed by atoms with Crippen molar-refractivity contribution in [3.05, 3.63) is 70.7 Å². The first-order chi connectivity index (χ1) is 14.4. The van der Waals surface area contributed by atoms with Gasteiger partial charge in [0.1, 0.15) is 6.04 Å². The van der Waals surface area contributed by atoms with Gasteiger partial charge >= 0.3 is 0 Å². The van der Waals surface area contributed by atoms with Crippen LogP contribution in [0.25, 0.3) is 0 Å². The molecule has 0 saturated carbocycles. The molecule has 2 amide bonds. The lowest BCUT2D eigenvalue weighted by Crippen LogP contribution is -2.51. The summed E-state index contributed by atoms with van der Waals surface area (Å²) in [5, 5.41) is 3.67. The molecule has 2 rings (SSSR count). The molecular weight excluding hydrogens is 416 g/mol. The lowest BCUT2D eigenvalue weighted by molar-refractivity contribution is -0.139. The number of carbonyl (C=O) groups is 2. The summed E-state index contributed by atoms with van der Waals surface area (Å²) in [5.74, 6) is 0.858. The van der Waals surface area contributed by atoms with E-state index in [2.05, 4.69) is 5.32 Å². The molecule has 0 aliphatic carbocycles. The number of benzene rings is 2. The molecule has 162 valence electrons. The van der Waals surface area contributed by atoms with Crippen LogP contribution in [0.3, 0.4) is 0 Å².